The maximum absolute atomic E-state index is 12.2. The van der Waals surface area contributed by atoms with Gasteiger partial charge in [-0.05, 0) is 0 Å². The minimum absolute atomic E-state index is 0.0669. The molecule has 0 saturated heterocycles. The van der Waals surface area contributed by atoms with Crippen LogP contribution in [0.15, 0.2) is 0 Å². The number of methoxy groups -OCH3 is 1. The number of alkyl halides is 3. The van der Waals surface area contributed by atoms with Gasteiger partial charge >= 0.3 is 12.1 Å². The molecule has 0 heterocycles. The molecule has 0 rings (SSSR count). The van der Waals surface area contributed by atoms with E-state index in [1.54, 1.807) is 0 Å². The van der Waals surface area contributed by atoms with Crippen LogP contribution >= 0.6 is 0 Å². The van der Waals surface area contributed by atoms with E-state index >= 15 is 0 Å². The lowest BCUT2D eigenvalue weighted by Gasteiger charge is -2.24. The fourth-order valence-electron chi connectivity index (χ4n) is 0.938. The van der Waals surface area contributed by atoms with Crippen LogP contribution in [0, 0.1) is 0 Å². The smallest absolute Gasteiger partial charge is 0.383 e. The van der Waals surface area contributed by atoms with E-state index in [0.29, 0.717) is 4.90 Å². The van der Waals surface area contributed by atoms with Gasteiger partial charge in [0.15, 0.2) is 0 Å². The first-order chi connectivity index (χ1) is 7.70. The highest BCUT2D eigenvalue weighted by atomic mass is 19.4. The summed E-state index contributed by atoms with van der Waals surface area (Å²) in [6.45, 7) is -0.967. The maximum atomic E-state index is 12.2. The van der Waals surface area contributed by atoms with Gasteiger partial charge in [0.25, 0.3) is 0 Å². The number of rotatable bonds is 5. The summed E-state index contributed by atoms with van der Waals surface area (Å²) < 4.78 is 41.3. The average molecular weight is 256 g/mol. The van der Waals surface area contributed by atoms with Gasteiger partial charge in [-0.3, -0.25) is 9.59 Å². The van der Waals surface area contributed by atoms with E-state index < -0.39 is 24.5 Å². The summed E-state index contributed by atoms with van der Waals surface area (Å²) in [6, 6.07) is 0. The van der Waals surface area contributed by atoms with E-state index in [0.717, 1.165) is 4.90 Å². The largest absolute Gasteiger partial charge is 0.471 e. The fraction of sp³-hybridized carbons (Fsp3) is 0.778. The van der Waals surface area contributed by atoms with Gasteiger partial charge in [-0.1, -0.05) is 0 Å². The lowest BCUT2D eigenvalue weighted by Crippen LogP contribution is -2.47. The molecule has 0 N–H and O–H groups in total. The Bertz CT molecular complexity index is 279. The molecule has 0 saturated carbocycles. The van der Waals surface area contributed by atoms with E-state index in [4.69, 9.17) is 0 Å². The molecule has 0 atom stereocenters. The summed E-state index contributed by atoms with van der Waals surface area (Å²) in [4.78, 5) is 23.8. The Kier molecular flexibility index (Phi) is 5.94. The Labute approximate surface area is 97.1 Å². The third-order valence-corrected chi connectivity index (χ3v) is 1.92. The summed E-state index contributed by atoms with van der Waals surface area (Å²) in [5, 5.41) is 0. The van der Waals surface area contributed by atoms with Gasteiger partial charge in [-0.25, -0.2) is 0 Å². The Balaban J connectivity index is 4.65. The number of hydrogen-bond donors (Lipinski definition) is 0. The van der Waals surface area contributed by atoms with Crippen molar-refractivity contribution in [2.45, 2.75) is 6.18 Å². The van der Waals surface area contributed by atoms with Crippen LogP contribution < -0.4 is 0 Å². The highest BCUT2D eigenvalue weighted by molar-refractivity contribution is 5.87. The number of carbonyl (C=O) groups is 2. The first-order valence-electron chi connectivity index (χ1n) is 4.75. The Hall–Kier alpha value is -1.31. The average Bonchev–Trinajstić information content (AvgIpc) is 2.21. The normalized spacial score (nSPS) is 11.2. The lowest BCUT2D eigenvalue weighted by atomic mass is 10.4. The molecule has 0 aromatic heterocycles. The van der Waals surface area contributed by atoms with Crippen molar-refractivity contribution in [2.24, 2.45) is 0 Å². The van der Waals surface area contributed by atoms with Crippen molar-refractivity contribution in [1.29, 1.82) is 0 Å². The molecule has 0 aliphatic heterocycles. The van der Waals surface area contributed by atoms with Gasteiger partial charge in [-0.2, -0.15) is 13.2 Å². The van der Waals surface area contributed by atoms with E-state index in [-0.39, 0.29) is 13.2 Å². The van der Waals surface area contributed by atoms with Crippen molar-refractivity contribution < 1.29 is 27.5 Å². The molecule has 5 nitrogen and oxygen atoms in total. The predicted octanol–water partition coefficient (Wildman–Crippen LogP) is 0.112. The van der Waals surface area contributed by atoms with Crippen molar-refractivity contribution in [3.8, 4) is 0 Å². The van der Waals surface area contributed by atoms with E-state index in [1.165, 1.54) is 21.2 Å². The van der Waals surface area contributed by atoms with Gasteiger partial charge in [0.05, 0.1) is 6.61 Å². The highest BCUT2D eigenvalue weighted by Crippen LogP contribution is 2.18. The summed E-state index contributed by atoms with van der Waals surface area (Å²) in [5.74, 6) is -2.62. The lowest BCUT2D eigenvalue weighted by molar-refractivity contribution is -0.186. The SMILES string of the molecule is COCCN(CC(=O)N(C)C)C(=O)C(F)(F)F. The molecule has 0 aromatic carbocycles. The minimum atomic E-state index is -4.99. The van der Waals surface area contributed by atoms with Crippen molar-refractivity contribution in [3.05, 3.63) is 0 Å². The quantitative estimate of drug-likeness (QED) is 0.701. The summed E-state index contributed by atoms with van der Waals surface area (Å²) in [6.07, 6.45) is -4.99. The molecule has 2 amide bonds. The van der Waals surface area contributed by atoms with Crippen LogP contribution in [0.25, 0.3) is 0 Å². The van der Waals surface area contributed by atoms with E-state index in [9.17, 15) is 22.8 Å². The zero-order valence-corrected chi connectivity index (χ0v) is 9.87. The van der Waals surface area contributed by atoms with Gasteiger partial charge in [-0.15, -0.1) is 0 Å². The number of carbonyl (C=O) groups excluding carboxylic acids is 2. The van der Waals surface area contributed by atoms with Gasteiger partial charge < -0.3 is 14.5 Å². The standard InChI is InChI=1S/C9H15F3N2O3/c1-13(2)7(15)6-14(4-5-17-3)8(16)9(10,11)12/h4-6H2,1-3H3. The third-order valence-electron chi connectivity index (χ3n) is 1.92. The van der Waals surface area contributed by atoms with Gasteiger partial charge in [0.1, 0.15) is 6.54 Å². The van der Waals surface area contributed by atoms with Crippen molar-refractivity contribution in [2.75, 3.05) is 40.9 Å². The van der Waals surface area contributed by atoms with Gasteiger partial charge in [0.2, 0.25) is 5.91 Å². The first-order valence-corrected chi connectivity index (χ1v) is 4.75. The van der Waals surface area contributed by atoms with Crippen LogP contribution in [0.3, 0.4) is 0 Å². The monoisotopic (exact) mass is 256 g/mol. The molecular formula is C9H15F3N2O3. The molecule has 0 aromatic rings. The molecule has 0 radical (unpaired) electrons. The second kappa shape index (κ2) is 6.43. The third kappa shape index (κ3) is 5.53. The number of halogens is 3. The summed E-state index contributed by atoms with van der Waals surface area (Å²) in [7, 11) is 4.09. The van der Waals surface area contributed by atoms with Crippen LogP contribution in [-0.2, 0) is 14.3 Å². The zero-order valence-electron chi connectivity index (χ0n) is 9.87. The van der Waals surface area contributed by atoms with E-state index in [2.05, 4.69) is 4.74 Å². The number of nitrogens with zero attached hydrogens (tertiary/aromatic N) is 2. The molecule has 0 spiro atoms. The molecule has 100 valence electrons. The van der Waals surface area contributed by atoms with Crippen molar-refractivity contribution in [3.63, 3.8) is 0 Å². The van der Waals surface area contributed by atoms with Crippen LogP contribution in [-0.4, -0.2) is 68.7 Å². The molecule has 0 fully saturated rings. The van der Waals surface area contributed by atoms with E-state index in [1.807, 2.05) is 0 Å². The Morgan fingerprint density at radius 3 is 2.12 bits per heavy atom. The number of amides is 2. The number of likely N-dealkylation sites (N-methyl/N-ethyl adjacent to an activating group) is 1. The second-order valence-electron chi connectivity index (χ2n) is 3.51. The van der Waals surface area contributed by atoms with Gasteiger partial charge in [0, 0.05) is 27.7 Å². The zero-order chi connectivity index (χ0) is 13.6. The summed E-state index contributed by atoms with van der Waals surface area (Å²) >= 11 is 0. The van der Waals surface area contributed by atoms with Crippen molar-refractivity contribution in [1.82, 2.24) is 9.80 Å². The second-order valence-corrected chi connectivity index (χ2v) is 3.51. The van der Waals surface area contributed by atoms with Crippen molar-refractivity contribution >= 4 is 11.8 Å². The minimum Gasteiger partial charge on any atom is -0.383 e. The molecule has 0 aliphatic rings. The first kappa shape index (κ1) is 15.7. The maximum Gasteiger partial charge on any atom is 0.471 e. The highest BCUT2D eigenvalue weighted by Gasteiger charge is 2.42. The Morgan fingerprint density at radius 1 is 1.24 bits per heavy atom. The molecule has 0 unspecified atom stereocenters. The summed E-state index contributed by atoms with van der Waals surface area (Å²) in [5.41, 5.74) is 0. The predicted molar refractivity (Wildman–Crippen MR) is 53.2 cm³/mol. The topological polar surface area (TPSA) is 49.9 Å². The molecule has 0 aliphatic carbocycles. The Morgan fingerprint density at radius 2 is 1.76 bits per heavy atom. The van der Waals surface area contributed by atoms with Crippen LogP contribution in [0.4, 0.5) is 13.2 Å². The number of ether oxygens (including phenoxy) is 1. The molecule has 17 heavy (non-hydrogen) atoms. The molecule has 0 bridgehead atoms. The van der Waals surface area contributed by atoms with Crippen LogP contribution in [0.5, 0.6) is 0 Å². The van der Waals surface area contributed by atoms with Crippen LogP contribution in [0.1, 0.15) is 0 Å². The molecular weight excluding hydrogens is 241 g/mol. The number of hydrogen-bond acceptors (Lipinski definition) is 3. The molecule has 8 heteroatoms. The fourth-order valence-corrected chi connectivity index (χ4v) is 0.938. The van der Waals surface area contributed by atoms with Crippen LogP contribution in [0.2, 0.25) is 0 Å².